The van der Waals surface area contributed by atoms with Crippen LogP contribution in [0.15, 0.2) is 0 Å². The van der Waals surface area contributed by atoms with Crippen LogP contribution < -0.4 is 0 Å². The van der Waals surface area contributed by atoms with E-state index in [9.17, 15) is 4.79 Å². The first-order chi connectivity index (χ1) is 8.81. The van der Waals surface area contributed by atoms with Crippen LogP contribution in [0.4, 0.5) is 4.79 Å². The van der Waals surface area contributed by atoms with Crippen molar-refractivity contribution < 1.29 is 9.53 Å². The molecule has 6 heteroatoms. The van der Waals surface area contributed by atoms with Gasteiger partial charge in [0.15, 0.2) is 0 Å². The first-order valence-corrected chi connectivity index (χ1v) is 7.61. The highest BCUT2D eigenvalue weighted by Crippen LogP contribution is 2.22. The Morgan fingerprint density at radius 3 is 2.68 bits per heavy atom. The average Bonchev–Trinajstić information content (AvgIpc) is 2.63. The number of hydrogen-bond donors (Lipinski definition) is 0. The summed E-state index contributed by atoms with van der Waals surface area (Å²) in [4.78, 5) is 18.4. The Kier molecular flexibility index (Phi) is 4.08. The maximum absolute atomic E-state index is 12.1. The zero-order valence-corrected chi connectivity index (χ0v) is 14.0. The molecule has 2 heterocycles. The second-order valence-electron chi connectivity index (χ2n) is 5.67. The molecule has 0 N–H and O–H groups in total. The summed E-state index contributed by atoms with van der Waals surface area (Å²) in [5.74, 6) is 1.10. The van der Waals surface area contributed by atoms with Gasteiger partial charge in [-0.2, -0.15) is 0 Å². The van der Waals surface area contributed by atoms with Crippen molar-refractivity contribution in [2.24, 2.45) is 0 Å². The van der Waals surface area contributed by atoms with E-state index in [0.29, 0.717) is 13.1 Å². The number of aromatic nitrogens is 2. The molecule has 0 unspecified atom stereocenters. The highest BCUT2D eigenvalue weighted by molar-refractivity contribution is 14.1. The van der Waals surface area contributed by atoms with E-state index < -0.39 is 5.60 Å². The number of carbonyl (C=O) groups excluding carboxylic acids is 1. The molecule has 1 aromatic heterocycles. The Morgan fingerprint density at radius 2 is 2.11 bits per heavy atom. The van der Waals surface area contributed by atoms with Crippen LogP contribution in [0.2, 0.25) is 0 Å². The second kappa shape index (κ2) is 5.30. The maximum atomic E-state index is 12.1. The number of imidazole rings is 1. The van der Waals surface area contributed by atoms with Crippen molar-refractivity contribution in [2.75, 3.05) is 6.54 Å². The fourth-order valence-corrected chi connectivity index (χ4v) is 2.89. The van der Waals surface area contributed by atoms with Crippen LogP contribution in [0.1, 0.15) is 39.2 Å². The SMILES string of the molecule is CCc1nc(I)c2n1CCN(C(=O)OC(C)(C)C)C2. The van der Waals surface area contributed by atoms with Gasteiger partial charge in [0.2, 0.25) is 0 Å². The van der Waals surface area contributed by atoms with Crippen molar-refractivity contribution in [3.8, 4) is 0 Å². The summed E-state index contributed by atoms with van der Waals surface area (Å²) >= 11 is 2.24. The third-order valence-electron chi connectivity index (χ3n) is 3.00. The number of nitrogens with zero attached hydrogens (tertiary/aromatic N) is 3. The van der Waals surface area contributed by atoms with E-state index in [2.05, 4.69) is 39.1 Å². The maximum Gasteiger partial charge on any atom is 0.410 e. The van der Waals surface area contributed by atoms with Crippen molar-refractivity contribution in [2.45, 2.75) is 52.8 Å². The molecule has 0 atom stereocenters. The van der Waals surface area contributed by atoms with Gasteiger partial charge in [-0.1, -0.05) is 6.92 Å². The van der Waals surface area contributed by atoms with Gasteiger partial charge in [-0.25, -0.2) is 9.78 Å². The highest BCUT2D eigenvalue weighted by atomic mass is 127. The summed E-state index contributed by atoms with van der Waals surface area (Å²) in [6.45, 7) is 9.83. The molecule has 5 nitrogen and oxygen atoms in total. The zero-order chi connectivity index (χ0) is 14.2. The van der Waals surface area contributed by atoms with Crippen molar-refractivity contribution in [3.05, 3.63) is 15.2 Å². The van der Waals surface area contributed by atoms with E-state index in [0.717, 1.165) is 28.2 Å². The molecule has 19 heavy (non-hydrogen) atoms. The van der Waals surface area contributed by atoms with Crippen LogP contribution >= 0.6 is 22.6 Å². The number of amides is 1. The lowest BCUT2D eigenvalue weighted by atomic mass is 10.2. The standard InChI is InChI=1S/C13H20IN3O2/c1-5-10-15-11(14)9-8-16(6-7-17(9)10)12(18)19-13(2,3)4/h5-8H2,1-4H3. The molecule has 2 rings (SSSR count). The smallest absolute Gasteiger partial charge is 0.410 e. The van der Waals surface area contributed by atoms with E-state index in [1.165, 1.54) is 0 Å². The molecule has 0 saturated heterocycles. The monoisotopic (exact) mass is 377 g/mol. The van der Waals surface area contributed by atoms with Crippen LogP contribution in [0.3, 0.4) is 0 Å². The van der Waals surface area contributed by atoms with Gasteiger partial charge < -0.3 is 14.2 Å². The fraction of sp³-hybridized carbons (Fsp3) is 0.692. The molecule has 0 aliphatic carbocycles. The normalized spacial score (nSPS) is 15.3. The van der Waals surface area contributed by atoms with E-state index in [1.54, 1.807) is 4.90 Å². The largest absolute Gasteiger partial charge is 0.444 e. The Balaban J connectivity index is 2.14. The van der Waals surface area contributed by atoms with Crippen molar-refractivity contribution >= 4 is 28.7 Å². The van der Waals surface area contributed by atoms with Gasteiger partial charge in [-0.15, -0.1) is 0 Å². The molecular weight excluding hydrogens is 357 g/mol. The first kappa shape index (κ1) is 14.6. The summed E-state index contributed by atoms with van der Waals surface area (Å²) in [6, 6.07) is 0. The Hall–Kier alpha value is -0.790. The molecule has 106 valence electrons. The predicted molar refractivity (Wildman–Crippen MR) is 81.0 cm³/mol. The lowest BCUT2D eigenvalue weighted by Crippen LogP contribution is -2.41. The van der Waals surface area contributed by atoms with E-state index in [4.69, 9.17) is 4.74 Å². The van der Waals surface area contributed by atoms with Gasteiger partial charge in [-0.3, -0.25) is 0 Å². The van der Waals surface area contributed by atoms with Crippen molar-refractivity contribution in [1.82, 2.24) is 14.5 Å². The number of fused-ring (bicyclic) bond motifs is 1. The second-order valence-corrected chi connectivity index (χ2v) is 6.69. The Bertz CT molecular complexity index is 491. The number of hydrogen-bond acceptors (Lipinski definition) is 3. The van der Waals surface area contributed by atoms with Crippen molar-refractivity contribution in [1.29, 1.82) is 0 Å². The van der Waals surface area contributed by atoms with Gasteiger partial charge in [0.05, 0.1) is 12.2 Å². The minimum absolute atomic E-state index is 0.242. The van der Waals surface area contributed by atoms with Gasteiger partial charge in [0, 0.05) is 19.5 Å². The molecule has 0 saturated carbocycles. The third kappa shape index (κ3) is 3.21. The molecule has 0 bridgehead atoms. The predicted octanol–water partition coefficient (Wildman–Crippen LogP) is 2.80. The van der Waals surface area contributed by atoms with Gasteiger partial charge in [0.1, 0.15) is 15.1 Å². The fourth-order valence-electron chi connectivity index (χ4n) is 2.15. The minimum atomic E-state index is -0.448. The summed E-state index contributed by atoms with van der Waals surface area (Å²) < 4.78 is 8.63. The molecule has 1 aromatic rings. The lowest BCUT2D eigenvalue weighted by molar-refractivity contribution is 0.0197. The topological polar surface area (TPSA) is 47.4 Å². The number of halogens is 1. The summed E-state index contributed by atoms with van der Waals surface area (Å²) in [5, 5.41) is 0. The molecule has 1 aliphatic heterocycles. The number of aryl methyl sites for hydroxylation is 1. The summed E-state index contributed by atoms with van der Waals surface area (Å²) in [7, 11) is 0. The molecule has 0 fully saturated rings. The third-order valence-corrected chi connectivity index (χ3v) is 3.87. The molecule has 1 amide bonds. The van der Waals surface area contributed by atoms with Crippen LogP contribution in [0.25, 0.3) is 0 Å². The van der Waals surface area contributed by atoms with E-state index >= 15 is 0 Å². The Morgan fingerprint density at radius 1 is 1.42 bits per heavy atom. The lowest BCUT2D eigenvalue weighted by Gasteiger charge is -2.31. The van der Waals surface area contributed by atoms with Gasteiger partial charge in [-0.05, 0) is 43.4 Å². The number of rotatable bonds is 1. The van der Waals surface area contributed by atoms with Crippen LogP contribution in [-0.4, -0.2) is 32.7 Å². The number of ether oxygens (including phenoxy) is 1. The quantitative estimate of drug-likeness (QED) is 0.708. The average molecular weight is 377 g/mol. The minimum Gasteiger partial charge on any atom is -0.444 e. The molecule has 1 aliphatic rings. The van der Waals surface area contributed by atoms with Crippen LogP contribution in [0.5, 0.6) is 0 Å². The highest BCUT2D eigenvalue weighted by Gasteiger charge is 2.28. The molecule has 0 aromatic carbocycles. The summed E-state index contributed by atoms with van der Waals surface area (Å²) in [5.41, 5.74) is 0.672. The van der Waals surface area contributed by atoms with Gasteiger partial charge >= 0.3 is 6.09 Å². The first-order valence-electron chi connectivity index (χ1n) is 6.53. The molecule has 0 radical (unpaired) electrons. The molecular formula is C13H20IN3O2. The molecule has 0 spiro atoms. The van der Waals surface area contributed by atoms with E-state index in [1.807, 2.05) is 20.8 Å². The summed E-state index contributed by atoms with van der Waals surface area (Å²) in [6.07, 6.45) is 0.677. The zero-order valence-electron chi connectivity index (χ0n) is 11.9. The Labute approximate surface area is 127 Å². The van der Waals surface area contributed by atoms with Crippen LogP contribution in [-0.2, 0) is 24.2 Å². The van der Waals surface area contributed by atoms with Gasteiger partial charge in [0.25, 0.3) is 0 Å². The number of carbonyl (C=O) groups is 1. The van der Waals surface area contributed by atoms with Crippen LogP contribution in [0, 0.1) is 3.70 Å². The van der Waals surface area contributed by atoms with Crippen molar-refractivity contribution in [3.63, 3.8) is 0 Å². The van der Waals surface area contributed by atoms with E-state index in [-0.39, 0.29) is 6.09 Å².